The maximum atomic E-state index is 12.9. The third-order valence-corrected chi connectivity index (χ3v) is 5.67. The van der Waals surface area contributed by atoms with Crippen molar-refractivity contribution in [3.05, 3.63) is 70.4 Å². The normalized spacial score (nSPS) is 16.3. The first kappa shape index (κ1) is 22.1. The molecule has 0 aliphatic carbocycles. The molecule has 0 bridgehead atoms. The monoisotopic (exact) mass is 446 g/mol. The summed E-state index contributed by atoms with van der Waals surface area (Å²) in [5.74, 6) is 0.132. The molecular formula is C22H23ClN2O4S. The number of rotatable bonds is 7. The molecule has 1 N–H and O–H groups in total. The molecule has 2 amide bonds. The number of amides is 2. The average Bonchev–Trinajstić information content (AvgIpc) is 2.74. The number of likely N-dealkylation sites (N-methyl/N-ethyl adjacent to an activating group) is 1. The number of nitrogens with zero attached hydrogens (tertiary/aromatic N) is 1. The van der Waals surface area contributed by atoms with E-state index in [1.165, 1.54) is 4.90 Å². The Bertz CT molecular complexity index is 962. The third kappa shape index (κ3) is 4.91. The lowest BCUT2D eigenvalue weighted by atomic mass is 9.95. The molecule has 1 aliphatic rings. The Morgan fingerprint density at radius 1 is 1.23 bits per heavy atom. The highest BCUT2D eigenvalue weighted by Gasteiger charge is 2.37. The fourth-order valence-corrected chi connectivity index (χ4v) is 3.75. The predicted octanol–water partition coefficient (Wildman–Crippen LogP) is 4.65. The Labute approximate surface area is 185 Å². The standard InChI is InChI=1S/C22H23ClN2O4S/c1-4-28-21(26)19-18(13-29-16-8-10-17(30-3)11-9-16)25(2)22(27)24-20(19)14-6-5-7-15(23)12-14/h5-12,20H,4,13H2,1-3H3,(H,24,27). The molecule has 0 fully saturated rings. The summed E-state index contributed by atoms with van der Waals surface area (Å²) in [7, 11) is 1.60. The van der Waals surface area contributed by atoms with Gasteiger partial charge in [-0.2, -0.15) is 0 Å². The first-order valence-electron chi connectivity index (χ1n) is 9.41. The summed E-state index contributed by atoms with van der Waals surface area (Å²) in [4.78, 5) is 28.0. The van der Waals surface area contributed by atoms with Crippen molar-refractivity contribution < 1.29 is 19.1 Å². The van der Waals surface area contributed by atoms with E-state index >= 15 is 0 Å². The zero-order valence-corrected chi connectivity index (χ0v) is 18.5. The van der Waals surface area contributed by atoms with E-state index in [1.54, 1.807) is 50.0 Å². The largest absolute Gasteiger partial charge is 0.487 e. The maximum Gasteiger partial charge on any atom is 0.338 e. The molecule has 158 valence electrons. The number of urea groups is 1. The van der Waals surface area contributed by atoms with Gasteiger partial charge in [-0.05, 0) is 55.1 Å². The minimum Gasteiger partial charge on any atom is -0.487 e. The Morgan fingerprint density at radius 2 is 1.97 bits per heavy atom. The minimum absolute atomic E-state index is 0.0355. The quantitative estimate of drug-likeness (QED) is 0.495. The van der Waals surface area contributed by atoms with Crippen LogP contribution in [0.15, 0.2) is 64.7 Å². The van der Waals surface area contributed by atoms with Crippen molar-refractivity contribution in [3.8, 4) is 5.75 Å². The van der Waals surface area contributed by atoms with E-state index < -0.39 is 12.0 Å². The van der Waals surface area contributed by atoms with E-state index in [0.29, 0.717) is 27.6 Å². The summed E-state index contributed by atoms with van der Waals surface area (Å²) in [5, 5.41) is 3.36. The average molecular weight is 447 g/mol. The Balaban J connectivity index is 1.99. The van der Waals surface area contributed by atoms with Crippen LogP contribution in [0.3, 0.4) is 0 Å². The van der Waals surface area contributed by atoms with Crippen LogP contribution >= 0.6 is 23.4 Å². The van der Waals surface area contributed by atoms with E-state index in [9.17, 15) is 9.59 Å². The van der Waals surface area contributed by atoms with Crippen molar-refractivity contribution in [3.63, 3.8) is 0 Å². The second-order valence-corrected chi connectivity index (χ2v) is 7.86. The zero-order valence-electron chi connectivity index (χ0n) is 17.0. The number of hydrogen-bond donors (Lipinski definition) is 1. The Kier molecular flexibility index (Phi) is 7.29. The van der Waals surface area contributed by atoms with E-state index in [0.717, 1.165) is 4.90 Å². The van der Waals surface area contributed by atoms with Crippen molar-refractivity contribution in [2.75, 3.05) is 26.5 Å². The summed E-state index contributed by atoms with van der Waals surface area (Å²) in [6, 6.07) is 13.6. The summed E-state index contributed by atoms with van der Waals surface area (Å²) in [5.41, 5.74) is 1.45. The molecule has 1 aliphatic heterocycles. The topological polar surface area (TPSA) is 67.9 Å². The second-order valence-electron chi connectivity index (χ2n) is 6.54. The van der Waals surface area contributed by atoms with Crippen LogP contribution < -0.4 is 10.1 Å². The Hall–Kier alpha value is -2.64. The van der Waals surface area contributed by atoms with Gasteiger partial charge >= 0.3 is 12.0 Å². The van der Waals surface area contributed by atoms with E-state index in [1.807, 2.05) is 30.5 Å². The number of ether oxygens (including phenoxy) is 2. The summed E-state index contributed by atoms with van der Waals surface area (Å²) in [6.07, 6.45) is 2.00. The highest BCUT2D eigenvalue weighted by atomic mass is 35.5. The molecule has 8 heteroatoms. The van der Waals surface area contributed by atoms with Gasteiger partial charge in [0.05, 0.1) is 23.9 Å². The number of benzene rings is 2. The smallest absolute Gasteiger partial charge is 0.338 e. The van der Waals surface area contributed by atoms with Crippen LogP contribution in [-0.2, 0) is 9.53 Å². The van der Waals surface area contributed by atoms with Gasteiger partial charge in [0.25, 0.3) is 0 Å². The number of hydrogen-bond acceptors (Lipinski definition) is 5. The maximum absolute atomic E-state index is 12.9. The first-order valence-corrected chi connectivity index (χ1v) is 11.0. The van der Waals surface area contributed by atoms with Crippen LogP contribution in [0.4, 0.5) is 4.79 Å². The van der Waals surface area contributed by atoms with E-state index in [4.69, 9.17) is 21.1 Å². The number of nitrogens with one attached hydrogen (secondary N) is 1. The lowest BCUT2D eigenvalue weighted by Crippen LogP contribution is -2.48. The van der Waals surface area contributed by atoms with Gasteiger partial charge in [0.1, 0.15) is 12.4 Å². The minimum atomic E-state index is -0.691. The van der Waals surface area contributed by atoms with Gasteiger partial charge in [-0.3, -0.25) is 4.90 Å². The number of carbonyl (C=O) groups excluding carboxylic acids is 2. The van der Waals surface area contributed by atoms with Gasteiger partial charge in [-0.25, -0.2) is 9.59 Å². The van der Waals surface area contributed by atoms with Crippen LogP contribution in [0.1, 0.15) is 18.5 Å². The van der Waals surface area contributed by atoms with Crippen molar-refractivity contribution >= 4 is 35.4 Å². The SMILES string of the molecule is CCOC(=O)C1=C(COc2ccc(SC)cc2)N(C)C(=O)NC1c1cccc(Cl)c1. The second kappa shape index (κ2) is 9.91. The van der Waals surface area contributed by atoms with Crippen molar-refractivity contribution in [2.45, 2.75) is 17.9 Å². The number of carbonyl (C=O) groups is 2. The molecule has 2 aromatic carbocycles. The molecule has 1 atom stereocenters. The van der Waals surface area contributed by atoms with Crippen LogP contribution in [0.25, 0.3) is 0 Å². The lowest BCUT2D eigenvalue weighted by Gasteiger charge is -2.34. The molecular weight excluding hydrogens is 424 g/mol. The van der Waals surface area contributed by atoms with Gasteiger partial charge in [-0.15, -0.1) is 11.8 Å². The zero-order chi connectivity index (χ0) is 21.7. The fourth-order valence-electron chi connectivity index (χ4n) is 3.14. The van der Waals surface area contributed by atoms with E-state index in [2.05, 4.69) is 5.32 Å². The number of halogens is 1. The molecule has 6 nitrogen and oxygen atoms in total. The molecule has 0 saturated heterocycles. The van der Waals surface area contributed by atoms with Crippen LogP contribution in [0, 0.1) is 0 Å². The first-order chi connectivity index (χ1) is 14.4. The van der Waals surface area contributed by atoms with Gasteiger partial charge in [0.2, 0.25) is 0 Å². The van der Waals surface area contributed by atoms with Crippen molar-refractivity contribution in [2.24, 2.45) is 0 Å². The molecule has 0 spiro atoms. The summed E-state index contributed by atoms with van der Waals surface area (Å²) < 4.78 is 11.2. The van der Waals surface area contributed by atoms with Crippen molar-refractivity contribution in [1.29, 1.82) is 0 Å². The molecule has 30 heavy (non-hydrogen) atoms. The van der Waals surface area contributed by atoms with Gasteiger partial charge in [-0.1, -0.05) is 23.7 Å². The van der Waals surface area contributed by atoms with E-state index in [-0.39, 0.29) is 19.2 Å². The van der Waals surface area contributed by atoms with Crippen molar-refractivity contribution in [1.82, 2.24) is 10.2 Å². The lowest BCUT2D eigenvalue weighted by molar-refractivity contribution is -0.139. The molecule has 2 aromatic rings. The number of esters is 1. The molecule has 1 heterocycles. The van der Waals surface area contributed by atoms with Crippen LogP contribution in [0.2, 0.25) is 5.02 Å². The third-order valence-electron chi connectivity index (χ3n) is 4.69. The van der Waals surface area contributed by atoms with Gasteiger partial charge in [0.15, 0.2) is 0 Å². The number of thioether (sulfide) groups is 1. The summed E-state index contributed by atoms with van der Waals surface area (Å²) >= 11 is 7.77. The van der Waals surface area contributed by atoms with Gasteiger partial charge in [0, 0.05) is 17.0 Å². The highest BCUT2D eigenvalue weighted by Crippen LogP contribution is 2.32. The molecule has 0 radical (unpaired) electrons. The summed E-state index contributed by atoms with van der Waals surface area (Å²) in [6.45, 7) is 1.99. The van der Waals surface area contributed by atoms with Gasteiger partial charge < -0.3 is 14.8 Å². The molecule has 1 unspecified atom stereocenters. The molecule has 0 saturated carbocycles. The van der Waals surface area contributed by atoms with Crippen LogP contribution in [-0.4, -0.2) is 43.4 Å². The highest BCUT2D eigenvalue weighted by molar-refractivity contribution is 7.98. The molecule has 0 aromatic heterocycles. The molecule has 3 rings (SSSR count). The fraction of sp³-hybridized carbons (Fsp3) is 0.273. The Morgan fingerprint density at radius 3 is 2.60 bits per heavy atom. The van der Waals surface area contributed by atoms with Crippen LogP contribution in [0.5, 0.6) is 5.75 Å². The predicted molar refractivity (Wildman–Crippen MR) is 118 cm³/mol.